The number of rotatable bonds is 5. The normalized spacial score (nSPS) is 9.43. The average molecular weight is 189 g/mol. The minimum absolute atomic E-state index is 0.612. The summed E-state index contributed by atoms with van der Waals surface area (Å²) < 4.78 is 5.48. The number of hydrogen-bond acceptors (Lipinski definition) is 2. The summed E-state index contributed by atoms with van der Waals surface area (Å²) in [5.41, 5.74) is 1.20. The van der Waals surface area contributed by atoms with Gasteiger partial charge in [-0.05, 0) is 31.4 Å². The van der Waals surface area contributed by atoms with Gasteiger partial charge in [-0.25, -0.2) is 0 Å². The molecule has 0 N–H and O–H groups in total. The Morgan fingerprint density at radius 3 is 2.86 bits per heavy atom. The van der Waals surface area contributed by atoms with Crippen LogP contribution in [0.3, 0.4) is 0 Å². The molecule has 2 nitrogen and oxygen atoms in total. The molecule has 1 aromatic rings. The number of para-hydroxylation sites is 1. The fourth-order valence-electron chi connectivity index (χ4n) is 1.36. The van der Waals surface area contributed by atoms with Crippen molar-refractivity contribution < 1.29 is 4.74 Å². The number of hydrogen-bond donors (Lipinski definition) is 0. The Bertz CT molecular complexity index is 314. The zero-order valence-corrected chi connectivity index (χ0v) is 8.49. The zero-order valence-electron chi connectivity index (χ0n) is 8.49. The third-order valence-corrected chi connectivity index (χ3v) is 2.01. The van der Waals surface area contributed by atoms with Gasteiger partial charge in [0, 0.05) is 6.42 Å². The van der Waals surface area contributed by atoms with Crippen molar-refractivity contribution in [3.8, 4) is 11.8 Å². The third kappa shape index (κ3) is 3.10. The predicted molar refractivity (Wildman–Crippen MR) is 56.2 cm³/mol. The maximum absolute atomic E-state index is 8.44. The molecule has 0 aromatic heterocycles. The highest BCUT2D eigenvalue weighted by Gasteiger charge is 2.00. The molecular formula is C12H15NO. The molecule has 1 rings (SSSR count). The molecule has 0 aliphatic carbocycles. The molecule has 0 radical (unpaired) electrons. The van der Waals surface area contributed by atoms with E-state index >= 15 is 0 Å². The SMILES string of the molecule is CCOc1ccccc1CCCC#N. The summed E-state index contributed by atoms with van der Waals surface area (Å²) in [7, 11) is 0. The van der Waals surface area contributed by atoms with Crippen LogP contribution >= 0.6 is 0 Å². The van der Waals surface area contributed by atoms with Crippen LogP contribution in [0.5, 0.6) is 5.75 Å². The van der Waals surface area contributed by atoms with Crippen molar-refractivity contribution in [2.75, 3.05) is 6.61 Å². The molecule has 1 aromatic carbocycles. The summed E-state index contributed by atoms with van der Waals surface area (Å²) in [5, 5.41) is 8.44. The molecule has 0 aliphatic heterocycles. The molecule has 0 spiro atoms. The summed E-state index contributed by atoms with van der Waals surface area (Å²) in [6, 6.07) is 10.2. The molecule has 74 valence electrons. The molecule has 0 aliphatic rings. The Labute approximate surface area is 85.1 Å². The van der Waals surface area contributed by atoms with E-state index < -0.39 is 0 Å². The first-order valence-corrected chi connectivity index (χ1v) is 4.96. The highest BCUT2D eigenvalue weighted by atomic mass is 16.5. The fourth-order valence-corrected chi connectivity index (χ4v) is 1.36. The van der Waals surface area contributed by atoms with Gasteiger partial charge < -0.3 is 4.74 Å². The first kappa shape index (κ1) is 10.6. The van der Waals surface area contributed by atoms with E-state index in [9.17, 15) is 0 Å². The summed E-state index contributed by atoms with van der Waals surface area (Å²) in [4.78, 5) is 0. The predicted octanol–water partition coefficient (Wildman–Crippen LogP) is 2.93. The number of nitrogens with zero attached hydrogens (tertiary/aromatic N) is 1. The molecule has 0 bridgehead atoms. The van der Waals surface area contributed by atoms with Crippen LogP contribution in [0.2, 0.25) is 0 Å². The van der Waals surface area contributed by atoms with Gasteiger partial charge in [0.15, 0.2) is 0 Å². The second-order valence-corrected chi connectivity index (χ2v) is 3.05. The Kier molecular flexibility index (Phi) is 4.57. The number of aryl methyl sites for hydroxylation is 1. The molecule has 0 saturated heterocycles. The maximum Gasteiger partial charge on any atom is 0.122 e. The van der Waals surface area contributed by atoms with E-state index in [1.54, 1.807) is 0 Å². The van der Waals surface area contributed by atoms with E-state index in [0.717, 1.165) is 18.6 Å². The van der Waals surface area contributed by atoms with Gasteiger partial charge in [-0.15, -0.1) is 0 Å². The molecule has 0 atom stereocenters. The minimum Gasteiger partial charge on any atom is -0.494 e. The van der Waals surface area contributed by atoms with Crippen molar-refractivity contribution >= 4 is 0 Å². The van der Waals surface area contributed by atoms with Crippen LogP contribution in [-0.4, -0.2) is 6.61 Å². The van der Waals surface area contributed by atoms with Crippen LogP contribution in [0.1, 0.15) is 25.3 Å². The van der Waals surface area contributed by atoms with Gasteiger partial charge in [-0.2, -0.15) is 5.26 Å². The standard InChI is InChI=1S/C12H15NO/c1-2-14-12-9-4-3-7-11(12)8-5-6-10-13/h3-4,7,9H,2,5-6,8H2,1H3. The molecule has 0 saturated carbocycles. The zero-order chi connectivity index (χ0) is 10.2. The Morgan fingerprint density at radius 2 is 2.14 bits per heavy atom. The van der Waals surface area contributed by atoms with Gasteiger partial charge >= 0.3 is 0 Å². The molecule has 2 heteroatoms. The topological polar surface area (TPSA) is 33.0 Å². The van der Waals surface area contributed by atoms with Crippen LogP contribution in [-0.2, 0) is 6.42 Å². The quantitative estimate of drug-likeness (QED) is 0.667. The van der Waals surface area contributed by atoms with Crippen molar-refractivity contribution in [1.82, 2.24) is 0 Å². The second-order valence-electron chi connectivity index (χ2n) is 3.05. The number of unbranched alkanes of at least 4 members (excludes halogenated alkanes) is 1. The van der Waals surface area contributed by atoms with Crippen molar-refractivity contribution in [2.24, 2.45) is 0 Å². The van der Waals surface area contributed by atoms with E-state index in [1.807, 2.05) is 25.1 Å². The number of ether oxygens (including phenoxy) is 1. The van der Waals surface area contributed by atoms with Gasteiger partial charge in [-0.3, -0.25) is 0 Å². The molecule has 0 heterocycles. The summed E-state index contributed by atoms with van der Waals surface area (Å²) in [6.45, 7) is 2.67. The van der Waals surface area contributed by atoms with Crippen LogP contribution < -0.4 is 4.74 Å². The highest BCUT2D eigenvalue weighted by molar-refractivity contribution is 5.33. The molecule has 0 unspecified atom stereocenters. The first-order valence-electron chi connectivity index (χ1n) is 4.96. The van der Waals surface area contributed by atoms with Crippen molar-refractivity contribution in [2.45, 2.75) is 26.2 Å². The van der Waals surface area contributed by atoms with E-state index in [-0.39, 0.29) is 0 Å². The van der Waals surface area contributed by atoms with Gasteiger partial charge in [0.25, 0.3) is 0 Å². The van der Waals surface area contributed by atoms with Crippen molar-refractivity contribution in [1.29, 1.82) is 5.26 Å². The molecule has 14 heavy (non-hydrogen) atoms. The van der Waals surface area contributed by atoms with Crippen LogP contribution in [0, 0.1) is 11.3 Å². The maximum atomic E-state index is 8.44. The van der Waals surface area contributed by atoms with Crippen LogP contribution in [0.4, 0.5) is 0 Å². The average Bonchev–Trinajstić information content (AvgIpc) is 2.21. The third-order valence-electron chi connectivity index (χ3n) is 2.01. The fraction of sp³-hybridized carbons (Fsp3) is 0.417. The van der Waals surface area contributed by atoms with Crippen LogP contribution in [0.15, 0.2) is 24.3 Å². The van der Waals surface area contributed by atoms with Gasteiger partial charge in [0.05, 0.1) is 12.7 Å². The van der Waals surface area contributed by atoms with Gasteiger partial charge in [0.1, 0.15) is 5.75 Å². The second kappa shape index (κ2) is 6.04. The summed E-state index contributed by atoms with van der Waals surface area (Å²) in [5.74, 6) is 0.952. The lowest BCUT2D eigenvalue weighted by atomic mass is 10.1. The number of benzene rings is 1. The highest BCUT2D eigenvalue weighted by Crippen LogP contribution is 2.19. The van der Waals surface area contributed by atoms with E-state index in [4.69, 9.17) is 10.00 Å². The lowest BCUT2D eigenvalue weighted by molar-refractivity contribution is 0.336. The van der Waals surface area contributed by atoms with Crippen molar-refractivity contribution in [3.05, 3.63) is 29.8 Å². The molecule has 0 fully saturated rings. The van der Waals surface area contributed by atoms with E-state index in [0.29, 0.717) is 13.0 Å². The lowest BCUT2D eigenvalue weighted by Gasteiger charge is -2.08. The van der Waals surface area contributed by atoms with Crippen molar-refractivity contribution in [3.63, 3.8) is 0 Å². The molecular weight excluding hydrogens is 174 g/mol. The van der Waals surface area contributed by atoms with Gasteiger partial charge in [-0.1, -0.05) is 18.2 Å². The van der Waals surface area contributed by atoms with Gasteiger partial charge in [0.2, 0.25) is 0 Å². The summed E-state index contributed by atoms with van der Waals surface area (Å²) in [6.07, 6.45) is 2.44. The number of nitriles is 1. The van der Waals surface area contributed by atoms with E-state index in [2.05, 4.69) is 12.1 Å². The lowest BCUT2D eigenvalue weighted by Crippen LogP contribution is -1.96. The summed E-state index contributed by atoms with van der Waals surface area (Å²) >= 11 is 0. The smallest absolute Gasteiger partial charge is 0.122 e. The monoisotopic (exact) mass is 189 g/mol. The first-order chi connectivity index (χ1) is 6.88. The minimum atomic E-state index is 0.612. The van der Waals surface area contributed by atoms with Crippen LogP contribution in [0.25, 0.3) is 0 Å². The Hall–Kier alpha value is -1.49. The largest absolute Gasteiger partial charge is 0.494 e. The Morgan fingerprint density at radius 1 is 1.36 bits per heavy atom. The van der Waals surface area contributed by atoms with E-state index in [1.165, 1.54) is 5.56 Å². The molecule has 0 amide bonds. The Balaban J connectivity index is 2.60.